The van der Waals surface area contributed by atoms with E-state index in [0.29, 0.717) is 12.6 Å². The Bertz CT molecular complexity index is 391. The van der Waals surface area contributed by atoms with Gasteiger partial charge in [-0.1, -0.05) is 18.9 Å². The summed E-state index contributed by atoms with van der Waals surface area (Å²) in [4.78, 5) is 6.84. The molecule has 21 heavy (non-hydrogen) atoms. The lowest BCUT2D eigenvalue weighted by molar-refractivity contribution is 0.199. The van der Waals surface area contributed by atoms with Gasteiger partial charge < -0.3 is 20.1 Å². The summed E-state index contributed by atoms with van der Waals surface area (Å²) in [6.07, 6.45) is 6.92. The van der Waals surface area contributed by atoms with Crippen molar-refractivity contribution in [2.45, 2.75) is 38.3 Å². The minimum atomic E-state index is 0.179. The first-order valence-corrected chi connectivity index (χ1v) is 7.87. The predicted molar refractivity (Wildman–Crippen MR) is 84.5 cm³/mol. The van der Waals surface area contributed by atoms with Crippen LogP contribution in [0.25, 0.3) is 0 Å². The number of aliphatic hydroxyl groups excluding tert-OH is 1. The summed E-state index contributed by atoms with van der Waals surface area (Å²) >= 11 is 0. The molecule has 0 aliphatic heterocycles. The van der Waals surface area contributed by atoms with E-state index in [9.17, 15) is 5.11 Å². The molecular weight excluding hydrogens is 266 g/mol. The fraction of sp³-hybridized carbons (Fsp3) is 0.688. The van der Waals surface area contributed by atoms with Crippen LogP contribution in [0.5, 0.6) is 0 Å². The summed E-state index contributed by atoms with van der Waals surface area (Å²) in [5.41, 5.74) is 1.17. The van der Waals surface area contributed by atoms with Crippen LogP contribution in [0.1, 0.15) is 31.2 Å². The highest BCUT2D eigenvalue weighted by molar-refractivity contribution is 5.41. The van der Waals surface area contributed by atoms with Gasteiger partial charge in [-0.2, -0.15) is 0 Å². The minimum Gasteiger partial charge on any atom is -0.395 e. The van der Waals surface area contributed by atoms with Crippen molar-refractivity contribution in [1.82, 2.24) is 10.3 Å². The topological polar surface area (TPSA) is 57.6 Å². The van der Waals surface area contributed by atoms with Crippen LogP contribution in [0.3, 0.4) is 0 Å². The number of pyridine rings is 1. The zero-order valence-electron chi connectivity index (χ0n) is 12.9. The van der Waals surface area contributed by atoms with Crippen molar-refractivity contribution in [3.8, 4) is 0 Å². The van der Waals surface area contributed by atoms with Crippen molar-refractivity contribution in [1.29, 1.82) is 0 Å². The third-order valence-electron chi connectivity index (χ3n) is 4.02. The highest BCUT2D eigenvalue weighted by Gasteiger charge is 2.23. The Morgan fingerprint density at radius 2 is 2.19 bits per heavy atom. The van der Waals surface area contributed by atoms with Crippen LogP contribution in [0.15, 0.2) is 18.3 Å². The molecule has 1 heterocycles. The SMILES string of the molecule is COCCNCc1ccc(N(CCO)C2CCCC2)nc1. The normalized spacial score (nSPS) is 15.5. The van der Waals surface area contributed by atoms with E-state index >= 15 is 0 Å². The molecule has 0 spiro atoms. The Labute approximate surface area is 127 Å². The maximum absolute atomic E-state index is 9.29. The minimum absolute atomic E-state index is 0.179. The van der Waals surface area contributed by atoms with E-state index in [0.717, 1.165) is 25.5 Å². The molecule has 0 bridgehead atoms. The van der Waals surface area contributed by atoms with E-state index in [4.69, 9.17) is 4.74 Å². The molecule has 1 aliphatic rings. The molecule has 5 nitrogen and oxygen atoms in total. The van der Waals surface area contributed by atoms with Crippen molar-refractivity contribution in [3.63, 3.8) is 0 Å². The van der Waals surface area contributed by atoms with Crippen LogP contribution in [0.2, 0.25) is 0 Å². The molecule has 1 aromatic rings. The van der Waals surface area contributed by atoms with Crippen LogP contribution in [0, 0.1) is 0 Å². The van der Waals surface area contributed by atoms with Crippen LogP contribution < -0.4 is 10.2 Å². The molecule has 118 valence electrons. The maximum Gasteiger partial charge on any atom is 0.128 e. The molecule has 1 saturated carbocycles. The zero-order valence-corrected chi connectivity index (χ0v) is 12.9. The van der Waals surface area contributed by atoms with Gasteiger partial charge >= 0.3 is 0 Å². The van der Waals surface area contributed by atoms with Gasteiger partial charge in [0.15, 0.2) is 0 Å². The fourth-order valence-electron chi connectivity index (χ4n) is 2.91. The second-order valence-electron chi connectivity index (χ2n) is 5.55. The number of anilines is 1. The number of nitrogens with one attached hydrogen (secondary N) is 1. The van der Waals surface area contributed by atoms with Crippen LogP contribution in [-0.2, 0) is 11.3 Å². The van der Waals surface area contributed by atoms with E-state index in [1.807, 2.05) is 6.20 Å². The van der Waals surface area contributed by atoms with Crippen molar-refractivity contribution in [2.24, 2.45) is 0 Å². The Hall–Kier alpha value is -1.17. The summed E-state index contributed by atoms with van der Waals surface area (Å²) < 4.78 is 5.01. The van der Waals surface area contributed by atoms with E-state index < -0.39 is 0 Å². The maximum atomic E-state index is 9.29. The van der Waals surface area contributed by atoms with Crippen LogP contribution >= 0.6 is 0 Å². The second-order valence-corrected chi connectivity index (χ2v) is 5.55. The standard InChI is InChI=1S/C16H27N3O2/c1-21-11-8-17-12-14-6-7-16(18-13-14)19(9-10-20)15-4-2-3-5-15/h6-7,13,15,17,20H,2-5,8-12H2,1H3. The third kappa shape index (κ3) is 4.95. The van der Waals surface area contributed by atoms with Gasteiger partial charge in [0.2, 0.25) is 0 Å². The van der Waals surface area contributed by atoms with E-state index in [1.54, 1.807) is 7.11 Å². The Morgan fingerprint density at radius 3 is 2.81 bits per heavy atom. The second kappa shape index (κ2) is 8.97. The summed E-state index contributed by atoms with van der Waals surface area (Å²) in [6.45, 7) is 3.22. The lowest BCUT2D eigenvalue weighted by Gasteiger charge is -2.29. The molecule has 2 N–H and O–H groups in total. The molecule has 5 heteroatoms. The predicted octanol–water partition coefficient (Wildman–Crippen LogP) is 1.56. The van der Waals surface area contributed by atoms with Gasteiger partial charge in [-0.05, 0) is 24.5 Å². The summed E-state index contributed by atoms with van der Waals surface area (Å²) in [6, 6.07) is 4.72. The summed E-state index contributed by atoms with van der Waals surface area (Å²) in [7, 11) is 1.71. The Kier molecular flexibility index (Phi) is 6.92. The number of hydrogen-bond donors (Lipinski definition) is 2. The van der Waals surface area contributed by atoms with Crippen molar-refractivity contribution >= 4 is 5.82 Å². The van der Waals surface area contributed by atoms with Gasteiger partial charge in [-0.15, -0.1) is 0 Å². The van der Waals surface area contributed by atoms with Crippen LogP contribution in [-0.4, -0.2) is 49.5 Å². The number of hydrogen-bond acceptors (Lipinski definition) is 5. The molecule has 0 radical (unpaired) electrons. The monoisotopic (exact) mass is 293 g/mol. The fourth-order valence-corrected chi connectivity index (χ4v) is 2.91. The molecule has 1 aliphatic carbocycles. The molecule has 0 aromatic carbocycles. The number of ether oxygens (including phenoxy) is 1. The smallest absolute Gasteiger partial charge is 0.128 e. The summed E-state index contributed by atoms with van der Waals surface area (Å²) in [5, 5.41) is 12.6. The number of aliphatic hydroxyl groups is 1. The van der Waals surface area contributed by atoms with Gasteiger partial charge in [0.1, 0.15) is 5.82 Å². The molecule has 0 atom stereocenters. The first-order valence-electron chi connectivity index (χ1n) is 7.87. The number of rotatable bonds is 9. The number of aromatic nitrogens is 1. The summed E-state index contributed by atoms with van der Waals surface area (Å²) in [5.74, 6) is 0.983. The van der Waals surface area contributed by atoms with Crippen LogP contribution in [0.4, 0.5) is 5.82 Å². The molecule has 0 amide bonds. The molecule has 2 rings (SSSR count). The molecule has 0 saturated heterocycles. The highest BCUT2D eigenvalue weighted by Crippen LogP contribution is 2.26. The first-order chi connectivity index (χ1) is 10.3. The Morgan fingerprint density at radius 1 is 1.38 bits per heavy atom. The lowest BCUT2D eigenvalue weighted by Crippen LogP contribution is -2.36. The van der Waals surface area contributed by atoms with Crippen molar-refractivity contribution < 1.29 is 9.84 Å². The zero-order chi connectivity index (χ0) is 14.9. The van der Waals surface area contributed by atoms with Gasteiger partial charge in [0.25, 0.3) is 0 Å². The van der Waals surface area contributed by atoms with Gasteiger partial charge in [0, 0.05) is 39.0 Å². The van der Waals surface area contributed by atoms with E-state index in [2.05, 4.69) is 27.3 Å². The molecule has 1 aromatic heterocycles. The lowest BCUT2D eigenvalue weighted by atomic mass is 10.2. The average molecular weight is 293 g/mol. The molecular formula is C16H27N3O2. The average Bonchev–Trinajstić information content (AvgIpc) is 3.04. The quantitative estimate of drug-likeness (QED) is 0.677. The first kappa shape index (κ1) is 16.2. The third-order valence-corrected chi connectivity index (χ3v) is 4.02. The molecule has 0 unspecified atom stereocenters. The van der Waals surface area contributed by atoms with Crippen molar-refractivity contribution in [3.05, 3.63) is 23.9 Å². The van der Waals surface area contributed by atoms with E-state index in [-0.39, 0.29) is 6.61 Å². The highest BCUT2D eigenvalue weighted by atomic mass is 16.5. The number of nitrogens with zero attached hydrogens (tertiary/aromatic N) is 2. The van der Waals surface area contributed by atoms with Gasteiger partial charge in [-0.3, -0.25) is 0 Å². The Balaban J connectivity index is 1.91. The van der Waals surface area contributed by atoms with Gasteiger partial charge in [-0.25, -0.2) is 4.98 Å². The number of methoxy groups -OCH3 is 1. The largest absolute Gasteiger partial charge is 0.395 e. The molecule has 1 fully saturated rings. The van der Waals surface area contributed by atoms with E-state index in [1.165, 1.54) is 31.2 Å². The van der Waals surface area contributed by atoms with Crippen molar-refractivity contribution in [2.75, 3.05) is 38.3 Å². The van der Waals surface area contributed by atoms with Gasteiger partial charge in [0.05, 0.1) is 13.2 Å².